The van der Waals surface area contributed by atoms with Crippen LogP contribution in [0.2, 0.25) is 10.0 Å². The Morgan fingerprint density at radius 2 is 1.58 bits per heavy atom. The van der Waals surface area contributed by atoms with Crippen molar-refractivity contribution in [3.8, 4) is 0 Å². The van der Waals surface area contributed by atoms with E-state index in [-0.39, 0.29) is 10.7 Å². The standard InChI is InChI=1S/C23H22Cl2N2O3S/c1-16-8-10-18(11-9-16)23(17-6-4-3-5-7-17)26-22(28)15-27(31(2,29)30)21-13-12-19(24)14-20(21)25/h3-14,23H,15H2,1-2H3,(H,26,28)/t23-/m0/s1. The molecule has 0 aromatic heterocycles. The molecular formula is C23H22Cl2N2O3S. The van der Waals surface area contributed by atoms with Gasteiger partial charge >= 0.3 is 0 Å². The lowest BCUT2D eigenvalue weighted by atomic mass is 9.98. The fourth-order valence-corrected chi connectivity index (χ4v) is 4.59. The van der Waals surface area contributed by atoms with Crippen LogP contribution in [0.4, 0.5) is 5.69 Å². The zero-order chi connectivity index (χ0) is 22.6. The summed E-state index contributed by atoms with van der Waals surface area (Å²) >= 11 is 12.1. The normalized spacial score (nSPS) is 12.3. The lowest BCUT2D eigenvalue weighted by Gasteiger charge is -2.25. The van der Waals surface area contributed by atoms with E-state index in [0.29, 0.717) is 5.02 Å². The summed E-state index contributed by atoms with van der Waals surface area (Å²) in [6, 6.07) is 21.3. The molecule has 0 fully saturated rings. The average Bonchev–Trinajstić information content (AvgIpc) is 2.71. The maximum Gasteiger partial charge on any atom is 0.241 e. The number of benzene rings is 3. The smallest absolute Gasteiger partial charge is 0.241 e. The molecule has 0 aliphatic carbocycles. The van der Waals surface area contributed by atoms with Gasteiger partial charge in [-0.15, -0.1) is 0 Å². The number of nitrogens with one attached hydrogen (secondary N) is 1. The summed E-state index contributed by atoms with van der Waals surface area (Å²) < 4.78 is 25.8. The van der Waals surface area contributed by atoms with Crippen LogP contribution in [0.15, 0.2) is 72.8 Å². The predicted octanol–water partition coefficient (Wildman–Crippen LogP) is 4.97. The number of amides is 1. The van der Waals surface area contributed by atoms with Crippen molar-refractivity contribution in [2.24, 2.45) is 0 Å². The van der Waals surface area contributed by atoms with Crippen LogP contribution >= 0.6 is 23.2 Å². The largest absolute Gasteiger partial charge is 0.344 e. The quantitative estimate of drug-likeness (QED) is 0.523. The van der Waals surface area contributed by atoms with Crippen molar-refractivity contribution < 1.29 is 13.2 Å². The van der Waals surface area contributed by atoms with Crippen LogP contribution in [0.3, 0.4) is 0 Å². The van der Waals surface area contributed by atoms with Crippen LogP contribution in [0.1, 0.15) is 22.7 Å². The summed E-state index contributed by atoms with van der Waals surface area (Å²) in [5, 5.41) is 3.47. The van der Waals surface area contributed by atoms with Crippen LogP contribution in [0.5, 0.6) is 0 Å². The Balaban J connectivity index is 1.90. The van der Waals surface area contributed by atoms with Gasteiger partial charge in [0.15, 0.2) is 0 Å². The van der Waals surface area contributed by atoms with Crippen molar-refractivity contribution in [2.75, 3.05) is 17.1 Å². The average molecular weight is 477 g/mol. The van der Waals surface area contributed by atoms with Crippen molar-refractivity contribution in [3.05, 3.63) is 99.5 Å². The fraction of sp³-hybridized carbons (Fsp3) is 0.174. The molecule has 162 valence electrons. The Morgan fingerprint density at radius 3 is 2.16 bits per heavy atom. The number of carbonyl (C=O) groups excluding carboxylic acids is 1. The second kappa shape index (κ2) is 9.73. The minimum Gasteiger partial charge on any atom is -0.344 e. The second-order valence-electron chi connectivity index (χ2n) is 7.19. The molecular weight excluding hydrogens is 455 g/mol. The molecule has 8 heteroatoms. The van der Waals surface area contributed by atoms with Crippen molar-refractivity contribution in [1.29, 1.82) is 0 Å². The first-order valence-electron chi connectivity index (χ1n) is 9.49. The highest BCUT2D eigenvalue weighted by atomic mass is 35.5. The molecule has 0 saturated carbocycles. The van der Waals surface area contributed by atoms with Crippen LogP contribution in [-0.2, 0) is 14.8 Å². The van der Waals surface area contributed by atoms with Crippen molar-refractivity contribution in [1.82, 2.24) is 5.32 Å². The van der Waals surface area contributed by atoms with E-state index in [0.717, 1.165) is 27.3 Å². The summed E-state index contributed by atoms with van der Waals surface area (Å²) in [7, 11) is -3.77. The molecule has 1 amide bonds. The van der Waals surface area contributed by atoms with Gasteiger partial charge in [-0.2, -0.15) is 0 Å². The van der Waals surface area contributed by atoms with Gasteiger partial charge in [-0.3, -0.25) is 9.10 Å². The highest BCUT2D eigenvalue weighted by molar-refractivity contribution is 7.92. The molecule has 0 saturated heterocycles. The summed E-state index contributed by atoms with van der Waals surface area (Å²) in [6.07, 6.45) is 1.03. The summed E-state index contributed by atoms with van der Waals surface area (Å²) in [5.74, 6) is -0.467. The van der Waals surface area contributed by atoms with Gasteiger partial charge in [0, 0.05) is 5.02 Å². The van der Waals surface area contributed by atoms with Gasteiger partial charge in [0.25, 0.3) is 0 Å². The van der Waals surface area contributed by atoms with Gasteiger partial charge < -0.3 is 5.32 Å². The zero-order valence-corrected chi connectivity index (χ0v) is 19.4. The van der Waals surface area contributed by atoms with Crippen molar-refractivity contribution >= 4 is 44.8 Å². The molecule has 0 bridgehead atoms. The third-order valence-corrected chi connectivity index (χ3v) is 6.38. The molecule has 3 rings (SSSR count). The molecule has 3 aromatic rings. The second-order valence-corrected chi connectivity index (χ2v) is 9.94. The van der Waals surface area contributed by atoms with E-state index in [1.54, 1.807) is 0 Å². The first kappa shape index (κ1) is 23.1. The molecule has 0 aliphatic heterocycles. The number of carbonyl (C=O) groups is 1. The lowest BCUT2D eigenvalue weighted by Crippen LogP contribution is -2.42. The van der Waals surface area contributed by atoms with E-state index in [1.807, 2.05) is 61.5 Å². The highest BCUT2D eigenvalue weighted by Crippen LogP contribution is 2.30. The maximum atomic E-state index is 13.0. The van der Waals surface area contributed by atoms with Gasteiger partial charge in [-0.1, -0.05) is 83.4 Å². The van der Waals surface area contributed by atoms with E-state index < -0.39 is 28.5 Å². The Kier molecular flexibility index (Phi) is 7.26. The van der Waals surface area contributed by atoms with E-state index in [4.69, 9.17) is 23.2 Å². The lowest BCUT2D eigenvalue weighted by molar-refractivity contribution is -0.120. The van der Waals surface area contributed by atoms with Crippen molar-refractivity contribution in [3.63, 3.8) is 0 Å². The van der Waals surface area contributed by atoms with Gasteiger partial charge in [0.05, 0.1) is 23.0 Å². The number of sulfonamides is 1. The molecule has 1 N–H and O–H groups in total. The van der Waals surface area contributed by atoms with Gasteiger partial charge in [-0.05, 0) is 36.2 Å². The number of halogens is 2. The minimum atomic E-state index is -3.77. The molecule has 0 unspecified atom stereocenters. The SMILES string of the molecule is Cc1ccc([C@@H](NC(=O)CN(c2ccc(Cl)cc2Cl)S(C)(=O)=O)c2ccccc2)cc1. The van der Waals surface area contributed by atoms with E-state index in [1.165, 1.54) is 18.2 Å². The molecule has 3 aromatic carbocycles. The fourth-order valence-electron chi connectivity index (χ4n) is 3.17. The monoisotopic (exact) mass is 476 g/mol. The molecule has 5 nitrogen and oxygen atoms in total. The van der Waals surface area contributed by atoms with Gasteiger partial charge in [0.2, 0.25) is 15.9 Å². The number of hydrogen-bond acceptors (Lipinski definition) is 3. The van der Waals surface area contributed by atoms with Gasteiger partial charge in [0.1, 0.15) is 6.54 Å². The maximum absolute atomic E-state index is 13.0. The summed E-state index contributed by atoms with van der Waals surface area (Å²) in [4.78, 5) is 13.0. The molecule has 0 spiro atoms. The molecule has 1 atom stereocenters. The van der Waals surface area contributed by atoms with Crippen LogP contribution in [0.25, 0.3) is 0 Å². The summed E-state index contributed by atoms with van der Waals surface area (Å²) in [5.41, 5.74) is 3.06. The van der Waals surface area contributed by atoms with Crippen molar-refractivity contribution in [2.45, 2.75) is 13.0 Å². The Labute approximate surface area is 192 Å². The topological polar surface area (TPSA) is 66.5 Å². The third kappa shape index (κ3) is 6.00. The van der Waals surface area contributed by atoms with Crippen LogP contribution in [0, 0.1) is 6.92 Å². The predicted molar refractivity (Wildman–Crippen MR) is 126 cm³/mol. The summed E-state index contributed by atoms with van der Waals surface area (Å²) in [6.45, 7) is 1.56. The van der Waals surface area contributed by atoms with E-state index >= 15 is 0 Å². The van der Waals surface area contributed by atoms with Gasteiger partial charge in [-0.25, -0.2) is 8.42 Å². The van der Waals surface area contributed by atoms with Crippen LogP contribution < -0.4 is 9.62 Å². The molecule has 31 heavy (non-hydrogen) atoms. The molecule has 0 heterocycles. The van der Waals surface area contributed by atoms with E-state index in [9.17, 15) is 13.2 Å². The zero-order valence-electron chi connectivity index (χ0n) is 17.0. The van der Waals surface area contributed by atoms with E-state index in [2.05, 4.69) is 5.32 Å². The minimum absolute atomic E-state index is 0.142. The molecule has 0 radical (unpaired) electrons. The third-order valence-electron chi connectivity index (χ3n) is 4.71. The number of anilines is 1. The number of rotatable bonds is 7. The first-order valence-corrected chi connectivity index (χ1v) is 12.1. The first-order chi connectivity index (χ1) is 14.6. The Bertz CT molecular complexity index is 1170. The molecule has 0 aliphatic rings. The Hall–Kier alpha value is -2.54. The number of hydrogen-bond donors (Lipinski definition) is 1. The highest BCUT2D eigenvalue weighted by Gasteiger charge is 2.25. The van der Waals surface area contributed by atoms with Crippen LogP contribution in [-0.4, -0.2) is 27.1 Å². The Morgan fingerprint density at radius 1 is 0.968 bits per heavy atom. The number of nitrogens with zero attached hydrogens (tertiary/aromatic N) is 1. The number of aryl methyl sites for hydroxylation is 1.